The Morgan fingerprint density at radius 2 is 2.00 bits per heavy atom. The average molecular weight is 272 g/mol. The van der Waals surface area contributed by atoms with E-state index in [-0.39, 0.29) is 17.6 Å². The minimum absolute atomic E-state index is 0.201. The van der Waals surface area contributed by atoms with E-state index in [4.69, 9.17) is 5.26 Å². The minimum atomic E-state index is -1.25. The van der Waals surface area contributed by atoms with Crippen molar-refractivity contribution >= 4 is 17.4 Å². The van der Waals surface area contributed by atoms with Gasteiger partial charge >= 0.3 is 0 Å². The predicted molar refractivity (Wildman–Crippen MR) is 78.0 cm³/mol. The number of hydrogen-bond acceptors (Lipinski definition) is 3. The Kier molecular flexibility index (Phi) is 5.04. The van der Waals surface area contributed by atoms with E-state index in [0.717, 1.165) is 5.56 Å². The first-order chi connectivity index (χ1) is 9.23. The monoisotopic (exact) mass is 272 g/mol. The third kappa shape index (κ3) is 4.85. The SMILES string of the molecule is Cc1cccc(NC(=O)[C@@H](C#N)C(=O)CC(C)(C)C)c1. The van der Waals surface area contributed by atoms with Crippen LogP contribution in [0.2, 0.25) is 0 Å². The molecule has 1 aromatic rings. The largest absolute Gasteiger partial charge is 0.325 e. The molecule has 1 amide bonds. The van der Waals surface area contributed by atoms with E-state index in [1.165, 1.54) is 0 Å². The van der Waals surface area contributed by atoms with Crippen LogP contribution in [0, 0.1) is 29.6 Å². The second kappa shape index (κ2) is 6.33. The number of nitrogens with one attached hydrogen (secondary N) is 1. The Balaban J connectivity index is 2.78. The highest BCUT2D eigenvalue weighted by molar-refractivity contribution is 6.09. The molecule has 1 rings (SSSR count). The maximum Gasteiger partial charge on any atom is 0.249 e. The van der Waals surface area contributed by atoms with Crippen LogP contribution >= 0.6 is 0 Å². The first kappa shape index (κ1) is 15.9. The standard InChI is InChI=1S/C16H20N2O2/c1-11-6-5-7-12(8-11)18-15(20)13(10-17)14(19)9-16(2,3)4/h5-8,13H,9H2,1-4H3,(H,18,20)/t13-/m0/s1. The summed E-state index contributed by atoms with van der Waals surface area (Å²) < 4.78 is 0. The van der Waals surface area contributed by atoms with Crippen molar-refractivity contribution in [2.45, 2.75) is 34.1 Å². The molecule has 0 saturated heterocycles. The number of nitriles is 1. The van der Waals surface area contributed by atoms with Crippen molar-refractivity contribution in [3.63, 3.8) is 0 Å². The highest BCUT2D eigenvalue weighted by Gasteiger charge is 2.29. The van der Waals surface area contributed by atoms with Crippen molar-refractivity contribution in [3.05, 3.63) is 29.8 Å². The molecule has 1 aromatic carbocycles. The molecular weight excluding hydrogens is 252 g/mol. The molecule has 1 N–H and O–H groups in total. The molecular formula is C16H20N2O2. The Labute approximate surface area is 119 Å². The quantitative estimate of drug-likeness (QED) is 0.856. The van der Waals surface area contributed by atoms with Gasteiger partial charge in [-0.15, -0.1) is 0 Å². The summed E-state index contributed by atoms with van der Waals surface area (Å²) in [5.41, 5.74) is 1.35. The van der Waals surface area contributed by atoms with Gasteiger partial charge in [-0.05, 0) is 30.0 Å². The van der Waals surface area contributed by atoms with Crippen LogP contribution < -0.4 is 5.32 Å². The predicted octanol–water partition coefficient (Wildman–Crippen LogP) is 3.08. The van der Waals surface area contributed by atoms with Crippen molar-refractivity contribution in [1.29, 1.82) is 5.26 Å². The number of Topliss-reactive ketones (excluding diaryl/α,β-unsaturated/α-hetero) is 1. The summed E-state index contributed by atoms with van der Waals surface area (Å²) in [5.74, 6) is -2.16. The van der Waals surface area contributed by atoms with Crippen LogP contribution in [0.3, 0.4) is 0 Å². The van der Waals surface area contributed by atoms with Gasteiger partial charge in [-0.2, -0.15) is 5.26 Å². The molecule has 0 saturated carbocycles. The third-order valence-electron chi connectivity index (χ3n) is 2.70. The van der Waals surface area contributed by atoms with Crippen LogP contribution in [0.15, 0.2) is 24.3 Å². The zero-order valence-electron chi connectivity index (χ0n) is 12.4. The minimum Gasteiger partial charge on any atom is -0.325 e. The van der Waals surface area contributed by atoms with E-state index in [2.05, 4.69) is 5.32 Å². The van der Waals surface area contributed by atoms with Gasteiger partial charge in [0.2, 0.25) is 5.91 Å². The highest BCUT2D eigenvalue weighted by atomic mass is 16.2. The van der Waals surface area contributed by atoms with Gasteiger partial charge < -0.3 is 5.32 Å². The van der Waals surface area contributed by atoms with Crippen molar-refractivity contribution in [3.8, 4) is 6.07 Å². The van der Waals surface area contributed by atoms with Gasteiger partial charge in [-0.25, -0.2) is 0 Å². The van der Waals surface area contributed by atoms with Crippen LogP contribution in [-0.2, 0) is 9.59 Å². The molecule has 0 unspecified atom stereocenters. The van der Waals surface area contributed by atoms with Crippen LogP contribution in [-0.4, -0.2) is 11.7 Å². The van der Waals surface area contributed by atoms with E-state index in [0.29, 0.717) is 5.69 Å². The van der Waals surface area contributed by atoms with Crippen molar-refractivity contribution < 1.29 is 9.59 Å². The van der Waals surface area contributed by atoms with Crippen molar-refractivity contribution in [2.75, 3.05) is 5.32 Å². The van der Waals surface area contributed by atoms with E-state index in [1.807, 2.05) is 39.8 Å². The lowest BCUT2D eigenvalue weighted by Crippen LogP contribution is -2.30. The lowest BCUT2D eigenvalue weighted by molar-refractivity contribution is -0.129. The molecule has 106 valence electrons. The molecule has 4 heteroatoms. The molecule has 0 aliphatic carbocycles. The fraction of sp³-hybridized carbons (Fsp3) is 0.438. The topological polar surface area (TPSA) is 70.0 Å². The van der Waals surface area contributed by atoms with Gasteiger partial charge in [0.05, 0.1) is 6.07 Å². The van der Waals surface area contributed by atoms with Crippen LogP contribution in [0.4, 0.5) is 5.69 Å². The maximum atomic E-state index is 12.0. The molecule has 1 atom stereocenters. The summed E-state index contributed by atoms with van der Waals surface area (Å²) in [6.45, 7) is 7.61. The smallest absolute Gasteiger partial charge is 0.249 e. The van der Waals surface area contributed by atoms with Gasteiger partial charge in [-0.1, -0.05) is 32.9 Å². The molecule has 0 aliphatic heterocycles. The number of carbonyl (C=O) groups is 2. The number of hydrogen-bond donors (Lipinski definition) is 1. The van der Waals surface area contributed by atoms with Gasteiger partial charge in [0.15, 0.2) is 11.7 Å². The molecule has 0 radical (unpaired) electrons. The van der Waals surface area contributed by atoms with Gasteiger partial charge in [-0.3, -0.25) is 9.59 Å². The summed E-state index contributed by atoms with van der Waals surface area (Å²) in [7, 11) is 0. The molecule has 0 aliphatic rings. The maximum absolute atomic E-state index is 12.0. The fourth-order valence-electron chi connectivity index (χ4n) is 1.84. The van der Waals surface area contributed by atoms with E-state index < -0.39 is 11.8 Å². The molecule has 0 fully saturated rings. The first-order valence-corrected chi connectivity index (χ1v) is 6.53. The fourth-order valence-corrected chi connectivity index (χ4v) is 1.84. The number of carbonyl (C=O) groups excluding carboxylic acids is 2. The molecule has 4 nitrogen and oxygen atoms in total. The first-order valence-electron chi connectivity index (χ1n) is 6.53. The summed E-state index contributed by atoms with van der Waals surface area (Å²) in [6, 6.07) is 9.03. The highest BCUT2D eigenvalue weighted by Crippen LogP contribution is 2.22. The van der Waals surface area contributed by atoms with E-state index in [1.54, 1.807) is 18.2 Å². The summed E-state index contributed by atoms with van der Waals surface area (Å²) in [6.07, 6.45) is 0.201. The van der Waals surface area contributed by atoms with Crippen LogP contribution in [0.1, 0.15) is 32.8 Å². The number of benzene rings is 1. The lowest BCUT2D eigenvalue weighted by Gasteiger charge is -2.18. The molecule has 0 bridgehead atoms. The van der Waals surface area contributed by atoms with Crippen molar-refractivity contribution in [2.24, 2.45) is 11.3 Å². The summed E-state index contributed by atoms with van der Waals surface area (Å²) >= 11 is 0. The Morgan fingerprint density at radius 3 is 2.50 bits per heavy atom. The number of anilines is 1. The summed E-state index contributed by atoms with van der Waals surface area (Å²) in [5, 5.41) is 11.7. The number of ketones is 1. The second-order valence-corrected chi connectivity index (χ2v) is 6.12. The normalized spacial score (nSPS) is 12.3. The number of nitrogens with zero attached hydrogens (tertiary/aromatic N) is 1. The molecule has 0 aromatic heterocycles. The van der Waals surface area contributed by atoms with E-state index >= 15 is 0 Å². The Hall–Kier alpha value is -2.15. The lowest BCUT2D eigenvalue weighted by atomic mass is 9.86. The number of rotatable bonds is 4. The zero-order valence-corrected chi connectivity index (χ0v) is 12.4. The van der Waals surface area contributed by atoms with Crippen LogP contribution in [0.5, 0.6) is 0 Å². The number of amides is 1. The summed E-state index contributed by atoms with van der Waals surface area (Å²) in [4.78, 5) is 24.0. The number of aryl methyl sites for hydroxylation is 1. The molecule has 0 heterocycles. The van der Waals surface area contributed by atoms with Gasteiger partial charge in [0, 0.05) is 12.1 Å². The van der Waals surface area contributed by atoms with Crippen molar-refractivity contribution in [1.82, 2.24) is 0 Å². The zero-order chi connectivity index (χ0) is 15.3. The van der Waals surface area contributed by atoms with Gasteiger partial charge in [0.25, 0.3) is 0 Å². The average Bonchev–Trinajstić information content (AvgIpc) is 2.27. The molecule has 0 spiro atoms. The van der Waals surface area contributed by atoms with E-state index in [9.17, 15) is 9.59 Å². The second-order valence-electron chi connectivity index (χ2n) is 6.12. The van der Waals surface area contributed by atoms with Crippen LogP contribution in [0.25, 0.3) is 0 Å². The van der Waals surface area contributed by atoms with Gasteiger partial charge in [0.1, 0.15) is 0 Å². The molecule has 20 heavy (non-hydrogen) atoms. The Bertz CT molecular complexity index is 550. The Morgan fingerprint density at radius 1 is 1.35 bits per heavy atom. The third-order valence-corrected chi connectivity index (χ3v) is 2.70.